The maximum Gasteiger partial charge on any atom is 0.258 e. The summed E-state index contributed by atoms with van der Waals surface area (Å²) >= 11 is 0. The van der Waals surface area contributed by atoms with Gasteiger partial charge in [-0.3, -0.25) is 9.59 Å². The highest BCUT2D eigenvalue weighted by atomic mass is 16.5. The number of hydrogen-bond acceptors (Lipinski definition) is 7. The van der Waals surface area contributed by atoms with Crippen molar-refractivity contribution in [2.45, 2.75) is 0 Å². The maximum atomic E-state index is 12.9. The number of ether oxygens (including phenoxy) is 3. The van der Waals surface area contributed by atoms with Crippen molar-refractivity contribution in [2.75, 3.05) is 46.3 Å². The van der Waals surface area contributed by atoms with Crippen molar-refractivity contribution in [3.63, 3.8) is 0 Å². The minimum absolute atomic E-state index is 0.176. The summed E-state index contributed by atoms with van der Waals surface area (Å²) in [5.41, 5.74) is 0.318. The van der Waals surface area contributed by atoms with Gasteiger partial charge in [0.05, 0.1) is 26.4 Å². The highest BCUT2D eigenvalue weighted by molar-refractivity contribution is 6.00. The molecule has 1 heterocycles. The van der Waals surface area contributed by atoms with Gasteiger partial charge in [-0.1, -0.05) is 5.16 Å². The Morgan fingerprint density at radius 3 is 2.62 bits per heavy atom. The second-order valence-electron chi connectivity index (χ2n) is 5.22. The zero-order valence-electron chi connectivity index (χ0n) is 14.9. The van der Waals surface area contributed by atoms with Crippen LogP contribution in [0, 0.1) is 0 Å². The van der Waals surface area contributed by atoms with E-state index >= 15 is 0 Å². The first-order valence-corrected chi connectivity index (χ1v) is 7.79. The molecule has 2 amide bonds. The summed E-state index contributed by atoms with van der Waals surface area (Å²) in [5, 5.41) is 6.16. The number of nitrogens with zero attached hydrogens (tertiary/aromatic N) is 2. The molecule has 9 heteroatoms. The highest BCUT2D eigenvalue weighted by Gasteiger charge is 2.22. The lowest BCUT2D eigenvalue weighted by molar-refractivity contribution is -0.117. The van der Waals surface area contributed by atoms with E-state index in [4.69, 9.17) is 14.2 Å². The SMILES string of the molecule is COCCN(CC(=O)Nc1ccon1)C(=O)c1ccc(OC)cc1OC. The summed E-state index contributed by atoms with van der Waals surface area (Å²) in [6, 6.07) is 6.36. The van der Waals surface area contributed by atoms with Crippen LogP contribution in [0.4, 0.5) is 5.82 Å². The minimum Gasteiger partial charge on any atom is -0.497 e. The molecule has 0 aliphatic rings. The number of methoxy groups -OCH3 is 3. The summed E-state index contributed by atoms with van der Waals surface area (Å²) in [5.74, 6) is 0.420. The van der Waals surface area contributed by atoms with Crippen LogP contribution >= 0.6 is 0 Å². The zero-order valence-corrected chi connectivity index (χ0v) is 14.9. The van der Waals surface area contributed by atoms with Gasteiger partial charge in [-0.15, -0.1) is 0 Å². The molecule has 0 unspecified atom stereocenters. The number of benzene rings is 1. The molecule has 0 saturated heterocycles. The van der Waals surface area contributed by atoms with Gasteiger partial charge in [-0.2, -0.15) is 0 Å². The Hall–Kier alpha value is -3.07. The van der Waals surface area contributed by atoms with Gasteiger partial charge >= 0.3 is 0 Å². The molecule has 9 nitrogen and oxygen atoms in total. The molecule has 0 atom stereocenters. The number of carbonyl (C=O) groups excluding carboxylic acids is 2. The fourth-order valence-electron chi connectivity index (χ4n) is 2.23. The molecule has 0 bridgehead atoms. The zero-order chi connectivity index (χ0) is 18.9. The summed E-state index contributed by atoms with van der Waals surface area (Å²) in [4.78, 5) is 26.5. The molecule has 26 heavy (non-hydrogen) atoms. The summed E-state index contributed by atoms with van der Waals surface area (Å²) in [6.45, 7) is 0.336. The molecular formula is C17H21N3O6. The monoisotopic (exact) mass is 363 g/mol. The van der Waals surface area contributed by atoms with Gasteiger partial charge < -0.3 is 29.0 Å². The average molecular weight is 363 g/mol. The van der Waals surface area contributed by atoms with E-state index in [1.807, 2.05) is 0 Å². The van der Waals surface area contributed by atoms with Crippen molar-refractivity contribution in [1.29, 1.82) is 0 Å². The van der Waals surface area contributed by atoms with E-state index in [-0.39, 0.29) is 31.4 Å². The van der Waals surface area contributed by atoms with Crippen molar-refractivity contribution in [1.82, 2.24) is 10.1 Å². The fraction of sp³-hybridized carbons (Fsp3) is 0.353. The van der Waals surface area contributed by atoms with Crippen LogP contribution in [-0.2, 0) is 9.53 Å². The molecule has 140 valence electrons. The normalized spacial score (nSPS) is 10.3. The summed E-state index contributed by atoms with van der Waals surface area (Å²) < 4.78 is 20.1. The van der Waals surface area contributed by atoms with Crippen LogP contribution in [-0.4, -0.2) is 62.9 Å². The van der Waals surface area contributed by atoms with Crippen LogP contribution in [0.5, 0.6) is 11.5 Å². The van der Waals surface area contributed by atoms with Crippen LogP contribution in [0.25, 0.3) is 0 Å². The molecule has 2 rings (SSSR count). The van der Waals surface area contributed by atoms with E-state index in [2.05, 4.69) is 15.0 Å². The summed E-state index contributed by atoms with van der Waals surface area (Å²) in [6.07, 6.45) is 1.34. The number of amides is 2. The average Bonchev–Trinajstić information content (AvgIpc) is 3.16. The van der Waals surface area contributed by atoms with E-state index in [0.29, 0.717) is 17.1 Å². The van der Waals surface area contributed by atoms with Crippen LogP contribution in [0.2, 0.25) is 0 Å². The van der Waals surface area contributed by atoms with Gasteiger partial charge in [0.25, 0.3) is 5.91 Å². The van der Waals surface area contributed by atoms with Crippen LogP contribution in [0.1, 0.15) is 10.4 Å². The third-order valence-corrected chi connectivity index (χ3v) is 3.53. The van der Waals surface area contributed by atoms with Gasteiger partial charge in [0.1, 0.15) is 24.3 Å². The Balaban J connectivity index is 2.16. The molecule has 1 aromatic heterocycles. The molecule has 0 aliphatic carbocycles. The van der Waals surface area contributed by atoms with Crippen molar-refractivity contribution in [3.05, 3.63) is 36.1 Å². The number of hydrogen-bond donors (Lipinski definition) is 1. The predicted molar refractivity (Wildman–Crippen MR) is 92.5 cm³/mol. The van der Waals surface area contributed by atoms with E-state index < -0.39 is 5.91 Å². The Kier molecular flexibility index (Phi) is 6.98. The van der Waals surface area contributed by atoms with Crippen LogP contribution in [0.15, 0.2) is 35.1 Å². The van der Waals surface area contributed by atoms with Crippen molar-refractivity contribution in [3.8, 4) is 11.5 Å². The molecule has 1 aromatic carbocycles. The molecule has 0 aliphatic heterocycles. The Labute approximate surface area is 150 Å². The van der Waals surface area contributed by atoms with Gasteiger partial charge in [0.15, 0.2) is 5.82 Å². The van der Waals surface area contributed by atoms with Crippen molar-refractivity contribution in [2.24, 2.45) is 0 Å². The molecule has 0 spiro atoms. The lowest BCUT2D eigenvalue weighted by Gasteiger charge is -2.22. The Morgan fingerprint density at radius 1 is 1.19 bits per heavy atom. The van der Waals surface area contributed by atoms with Gasteiger partial charge in [-0.25, -0.2) is 0 Å². The second-order valence-corrected chi connectivity index (χ2v) is 5.22. The number of nitrogens with one attached hydrogen (secondary N) is 1. The lowest BCUT2D eigenvalue weighted by Crippen LogP contribution is -2.40. The van der Waals surface area contributed by atoms with Crippen LogP contribution in [0.3, 0.4) is 0 Å². The Bertz CT molecular complexity index is 732. The van der Waals surface area contributed by atoms with E-state index in [1.54, 1.807) is 18.2 Å². The second kappa shape index (κ2) is 9.42. The molecule has 1 N–H and O–H groups in total. The largest absolute Gasteiger partial charge is 0.497 e. The summed E-state index contributed by atoms with van der Waals surface area (Å²) in [7, 11) is 4.50. The van der Waals surface area contributed by atoms with E-state index in [1.165, 1.54) is 38.6 Å². The minimum atomic E-state index is -0.407. The fourth-order valence-corrected chi connectivity index (χ4v) is 2.23. The molecule has 0 fully saturated rings. The Morgan fingerprint density at radius 2 is 2.00 bits per heavy atom. The topological polar surface area (TPSA) is 103 Å². The van der Waals surface area contributed by atoms with Crippen LogP contribution < -0.4 is 14.8 Å². The van der Waals surface area contributed by atoms with E-state index in [0.717, 1.165) is 0 Å². The highest BCUT2D eigenvalue weighted by Crippen LogP contribution is 2.25. The standard InChI is InChI=1S/C17H21N3O6/c1-23-9-7-20(11-16(21)18-15-6-8-26-19-15)17(22)13-5-4-12(24-2)10-14(13)25-3/h4-6,8,10H,7,9,11H2,1-3H3,(H,18,19,21). The number of aromatic nitrogens is 1. The third kappa shape index (κ3) is 4.96. The predicted octanol–water partition coefficient (Wildman–Crippen LogP) is 1.42. The lowest BCUT2D eigenvalue weighted by atomic mass is 10.1. The van der Waals surface area contributed by atoms with Crippen molar-refractivity contribution < 1.29 is 28.3 Å². The van der Waals surface area contributed by atoms with Gasteiger partial charge in [-0.05, 0) is 12.1 Å². The van der Waals surface area contributed by atoms with Gasteiger partial charge in [0.2, 0.25) is 5.91 Å². The smallest absolute Gasteiger partial charge is 0.258 e. The number of rotatable bonds is 9. The molecular weight excluding hydrogens is 342 g/mol. The molecule has 0 radical (unpaired) electrons. The van der Waals surface area contributed by atoms with Gasteiger partial charge in [0, 0.05) is 25.8 Å². The van der Waals surface area contributed by atoms with E-state index in [9.17, 15) is 9.59 Å². The molecule has 2 aromatic rings. The third-order valence-electron chi connectivity index (χ3n) is 3.53. The first-order chi connectivity index (χ1) is 12.6. The molecule has 0 saturated carbocycles. The first-order valence-electron chi connectivity index (χ1n) is 7.79. The maximum absolute atomic E-state index is 12.9. The first kappa shape index (κ1) is 19.3. The van der Waals surface area contributed by atoms with Crippen molar-refractivity contribution >= 4 is 17.6 Å². The number of anilines is 1. The number of carbonyl (C=O) groups is 2. The quantitative estimate of drug-likeness (QED) is 0.718.